The summed E-state index contributed by atoms with van der Waals surface area (Å²) in [6, 6.07) is 11.7. The van der Waals surface area contributed by atoms with E-state index in [0.717, 1.165) is 43.4 Å². The summed E-state index contributed by atoms with van der Waals surface area (Å²) in [6.07, 6.45) is 3.56. The summed E-state index contributed by atoms with van der Waals surface area (Å²) in [7, 11) is 0. The zero-order chi connectivity index (χ0) is 17.9. The second-order valence-electron chi connectivity index (χ2n) is 6.14. The molecule has 1 aliphatic rings. The van der Waals surface area contributed by atoms with Crippen molar-refractivity contribution in [3.63, 3.8) is 0 Å². The highest BCUT2D eigenvalue weighted by Gasteiger charge is 2.19. The third kappa shape index (κ3) is 3.19. The van der Waals surface area contributed by atoms with Crippen molar-refractivity contribution in [3.05, 3.63) is 54.1 Å². The number of hydrogen-bond donors (Lipinski definition) is 0. The number of rotatable bonds is 3. The van der Waals surface area contributed by atoms with Gasteiger partial charge in [-0.3, -0.25) is 0 Å². The lowest BCUT2D eigenvalue weighted by molar-refractivity contribution is 0.642. The second-order valence-corrected chi connectivity index (χ2v) is 6.14. The predicted octanol–water partition coefficient (Wildman–Crippen LogP) is 1.56. The van der Waals surface area contributed by atoms with E-state index in [4.69, 9.17) is 5.26 Å². The molecule has 1 aliphatic heterocycles. The molecule has 0 aromatic carbocycles. The first kappa shape index (κ1) is 16.0. The maximum atomic E-state index is 9.00. The molecule has 1 saturated heterocycles. The number of anilines is 2. The molecule has 4 rings (SSSR count). The van der Waals surface area contributed by atoms with Gasteiger partial charge in [-0.2, -0.15) is 10.4 Å². The number of nitriles is 1. The van der Waals surface area contributed by atoms with Crippen molar-refractivity contribution in [1.82, 2.24) is 25.0 Å². The lowest BCUT2D eigenvalue weighted by Gasteiger charge is -2.36. The highest BCUT2D eigenvalue weighted by molar-refractivity contribution is 5.51. The topological polar surface area (TPSA) is 86.8 Å². The van der Waals surface area contributed by atoms with Crippen LogP contribution in [0.4, 0.5) is 11.5 Å². The van der Waals surface area contributed by atoms with Crippen molar-refractivity contribution in [2.45, 2.75) is 6.92 Å². The molecule has 0 aliphatic carbocycles. The van der Waals surface area contributed by atoms with Crippen LogP contribution < -0.4 is 9.80 Å². The Hall–Kier alpha value is -3.47. The van der Waals surface area contributed by atoms with Crippen molar-refractivity contribution >= 4 is 11.5 Å². The van der Waals surface area contributed by atoms with Crippen LogP contribution in [0.1, 0.15) is 11.4 Å². The van der Waals surface area contributed by atoms with Crippen LogP contribution in [0.3, 0.4) is 0 Å². The zero-order valence-corrected chi connectivity index (χ0v) is 14.4. The van der Waals surface area contributed by atoms with Gasteiger partial charge in [-0.1, -0.05) is 0 Å². The summed E-state index contributed by atoms with van der Waals surface area (Å²) < 4.78 is 1.72. The standard InChI is InChI=1S/C18H18N8/c1-14-5-7-26(23-14)18-3-2-17(21-22-18)25-10-8-24(9-11-25)16-4-6-20-15(12-16)13-19/h2-7,12H,8-11H2,1H3. The minimum atomic E-state index is 0.445. The smallest absolute Gasteiger partial charge is 0.175 e. The Morgan fingerprint density at radius 3 is 2.35 bits per heavy atom. The Balaban J connectivity index is 1.42. The van der Waals surface area contributed by atoms with Crippen LogP contribution in [0.2, 0.25) is 0 Å². The Kier molecular flexibility index (Phi) is 4.19. The van der Waals surface area contributed by atoms with Gasteiger partial charge in [0, 0.05) is 44.3 Å². The quantitative estimate of drug-likeness (QED) is 0.711. The van der Waals surface area contributed by atoms with Crippen LogP contribution in [0, 0.1) is 18.3 Å². The van der Waals surface area contributed by atoms with Crippen LogP contribution in [0.25, 0.3) is 5.82 Å². The molecule has 8 heteroatoms. The van der Waals surface area contributed by atoms with Gasteiger partial charge in [0.15, 0.2) is 11.6 Å². The van der Waals surface area contributed by atoms with E-state index in [2.05, 4.69) is 36.1 Å². The van der Waals surface area contributed by atoms with E-state index in [9.17, 15) is 0 Å². The Bertz CT molecular complexity index is 932. The van der Waals surface area contributed by atoms with Gasteiger partial charge >= 0.3 is 0 Å². The fourth-order valence-corrected chi connectivity index (χ4v) is 3.02. The van der Waals surface area contributed by atoms with Crippen LogP contribution in [0.5, 0.6) is 0 Å². The van der Waals surface area contributed by atoms with Gasteiger partial charge in [-0.15, -0.1) is 10.2 Å². The van der Waals surface area contributed by atoms with Crippen molar-refractivity contribution in [2.75, 3.05) is 36.0 Å². The molecular weight excluding hydrogens is 328 g/mol. The second kappa shape index (κ2) is 6.80. The van der Waals surface area contributed by atoms with Crippen LogP contribution >= 0.6 is 0 Å². The largest absolute Gasteiger partial charge is 0.368 e. The van der Waals surface area contributed by atoms with E-state index >= 15 is 0 Å². The van der Waals surface area contributed by atoms with Crippen LogP contribution in [-0.2, 0) is 0 Å². The third-order valence-electron chi connectivity index (χ3n) is 4.42. The van der Waals surface area contributed by atoms with Gasteiger partial charge in [-0.25, -0.2) is 9.67 Å². The first-order chi connectivity index (χ1) is 12.7. The number of aromatic nitrogens is 5. The van der Waals surface area contributed by atoms with Crippen molar-refractivity contribution in [2.24, 2.45) is 0 Å². The minimum Gasteiger partial charge on any atom is -0.368 e. The summed E-state index contributed by atoms with van der Waals surface area (Å²) in [5.41, 5.74) is 2.43. The normalized spacial score (nSPS) is 14.3. The molecule has 1 fully saturated rings. The maximum absolute atomic E-state index is 9.00. The van der Waals surface area contributed by atoms with Gasteiger partial charge in [0.1, 0.15) is 11.8 Å². The summed E-state index contributed by atoms with van der Waals surface area (Å²) in [4.78, 5) is 8.50. The van der Waals surface area contributed by atoms with Gasteiger partial charge in [0.2, 0.25) is 0 Å². The molecule has 0 N–H and O–H groups in total. The van der Waals surface area contributed by atoms with Crippen molar-refractivity contribution in [1.29, 1.82) is 5.26 Å². The summed E-state index contributed by atoms with van der Waals surface area (Å²) >= 11 is 0. The Labute approximate surface area is 151 Å². The third-order valence-corrected chi connectivity index (χ3v) is 4.42. The molecule has 130 valence electrons. The van der Waals surface area contributed by atoms with Gasteiger partial charge in [-0.05, 0) is 37.3 Å². The Morgan fingerprint density at radius 2 is 1.69 bits per heavy atom. The van der Waals surface area contributed by atoms with Gasteiger partial charge < -0.3 is 9.80 Å². The molecule has 0 amide bonds. The molecule has 3 aromatic heterocycles. The highest BCUT2D eigenvalue weighted by Crippen LogP contribution is 2.19. The van der Waals surface area contributed by atoms with E-state index in [1.54, 1.807) is 10.9 Å². The molecule has 0 spiro atoms. The van der Waals surface area contributed by atoms with E-state index in [1.807, 2.05) is 43.5 Å². The van der Waals surface area contributed by atoms with E-state index < -0.39 is 0 Å². The van der Waals surface area contributed by atoms with Crippen LogP contribution in [-0.4, -0.2) is 51.1 Å². The number of hydrogen-bond acceptors (Lipinski definition) is 7. The van der Waals surface area contributed by atoms with Gasteiger partial charge in [0.05, 0.1) is 5.69 Å². The lowest BCUT2D eigenvalue weighted by Crippen LogP contribution is -2.47. The molecule has 0 bridgehead atoms. The summed E-state index contributed by atoms with van der Waals surface area (Å²) in [5.74, 6) is 1.58. The molecule has 0 saturated carbocycles. The average Bonchev–Trinajstić information content (AvgIpc) is 3.15. The van der Waals surface area contributed by atoms with Crippen LogP contribution in [0.15, 0.2) is 42.7 Å². The molecule has 0 radical (unpaired) electrons. The first-order valence-electron chi connectivity index (χ1n) is 8.45. The van der Waals surface area contributed by atoms with E-state index in [-0.39, 0.29) is 0 Å². The fourth-order valence-electron chi connectivity index (χ4n) is 3.02. The molecular formula is C18H18N8. The minimum absolute atomic E-state index is 0.445. The molecule has 8 nitrogen and oxygen atoms in total. The maximum Gasteiger partial charge on any atom is 0.175 e. The average molecular weight is 346 g/mol. The van der Waals surface area contributed by atoms with Gasteiger partial charge in [0.25, 0.3) is 0 Å². The SMILES string of the molecule is Cc1ccn(-c2ccc(N3CCN(c4ccnc(C#N)c4)CC3)nn2)n1. The number of nitrogens with zero attached hydrogens (tertiary/aromatic N) is 8. The molecule has 0 atom stereocenters. The van der Waals surface area contributed by atoms with Crippen molar-refractivity contribution in [3.8, 4) is 11.9 Å². The fraction of sp³-hybridized carbons (Fsp3) is 0.278. The Morgan fingerprint density at radius 1 is 0.962 bits per heavy atom. The zero-order valence-electron chi connectivity index (χ0n) is 14.4. The summed E-state index contributed by atoms with van der Waals surface area (Å²) in [6.45, 7) is 5.35. The van der Waals surface area contributed by atoms with E-state index in [0.29, 0.717) is 11.5 Å². The molecule has 0 unspecified atom stereocenters. The number of pyridine rings is 1. The first-order valence-corrected chi connectivity index (χ1v) is 8.45. The molecule has 26 heavy (non-hydrogen) atoms. The monoisotopic (exact) mass is 346 g/mol. The van der Waals surface area contributed by atoms with E-state index in [1.165, 1.54) is 0 Å². The van der Waals surface area contributed by atoms with Crippen molar-refractivity contribution < 1.29 is 0 Å². The predicted molar refractivity (Wildman–Crippen MR) is 97.3 cm³/mol. The lowest BCUT2D eigenvalue weighted by atomic mass is 10.2. The summed E-state index contributed by atoms with van der Waals surface area (Å²) in [5, 5.41) is 22.0. The molecule has 3 aromatic rings. The number of aryl methyl sites for hydroxylation is 1. The highest BCUT2D eigenvalue weighted by atomic mass is 15.4. The molecule has 4 heterocycles. The number of piperazine rings is 1.